The van der Waals surface area contributed by atoms with Crippen molar-refractivity contribution in [2.75, 3.05) is 5.73 Å². The van der Waals surface area contributed by atoms with Crippen molar-refractivity contribution in [3.05, 3.63) is 34.8 Å². The topological polar surface area (TPSA) is 84.8 Å². The molecule has 1 heterocycles. The van der Waals surface area contributed by atoms with Crippen molar-refractivity contribution in [1.82, 2.24) is 10.2 Å². The molecule has 2 rings (SSSR count). The summed E-state index contributed by atoms with van der Waals surface area (Å²) in [7, 11) is 0. The number of aromatic nitrogens is 2. The van der Waals surface area contributed by atoms with Gasteiger partial charge in [-0.25, -0.2) is 0 Å². The maximum Gasteiger partial charge on any atom is 0.203 e. The molecule has 2 aromatic rings. The van der Waals surface area contributed by atoms with Gasteiger partial charge >= 0.3 is 0 Å². The molecule has 0 aliphatic heterocycles. The van der Waals surface area contributed by atoms with Crippen molar-refractivity contribution in [2.45, 2.75) is 13.0 Å². The van der Waals surface area contributed by atoms with Crippen LogP contribution in [0, 0.1) is 11.3 Å². The highest BCUT2D eigenvalue weighted by Gasteiger charge is 2.02. The Bertz CT molecular complexity index is 529. The largest absolute Gasteiger partial charge is 0.486 e. The first kappa shape index (κ1) is 11.4. The molecule has 0 amide bonds. The van der Waals surface area contributed by atoms with Gasteiger partial charge in [-0.2, -0.15) is 5.26 Å². The predicted octanol–water partition coefficient (Wildman–Crippen LogP) is 1.77. The van der Waals surface area contributed by atoms with Crippen LogP contribution in [0.4, 0.5) is 5.13 Å². The lowest BCUT2D eigenvalue weighted by atomic mass is 10.2. The second-order valence-electron chi connectivity index (χ2n) is 3.30. The lowest BCUT2D eigenvalue weighted by molar-refractivity contribution is 0.304. The van der Waals surface area contributed by atoms with Crippen LogP contribution in [0.2, 0.25) is 0 Å². The highest BCUT2D eigenvalue weighted by Crippen LogP contribution is 2.16. The minimum absolute atomic E-state index is 0.354. The molecule has 0 saturated heterocycles. The highest BCUT2D eigenvalue weighted by molar-refractivity contribution is 7.15. The molecule has 0 fully saturated rings. The predicted molar refractivity (Wildman–Crippen MR) is 64.4 cm³/mol. The molecule has 0 saturated carbocycles. The second-order valence-corrected chi connectivity index (χ2v) is 4.40. The Balaban J connectivity index is 1.93. The van der Waals surface area contributed by atoms with Gasteiger partial charge in [-0.05, 0) is 17.7 Å². The zero-order valence-electron chi connectivity index (χ0n) is 8.96. The number of nitriles is 1. The third-order valence-corrected chi connectivity index (χ3v) is 2.78. The van der Waals surface area contributed by atoms with E-state index in [1.165, 1.54) is 11.3 Å². The molecule has 5 nitrogen and oxygen atoms in total. The summed E-state index contributed by atoms with van der Waals surface area (Å²) in [6.07, 6.45) is 0.410. The fraction of sp³-hybridized carbons (Fsp3) is 0.182. The van der Waals surface area contributed by atoms with Crippen molar-refractivity contribution in [3.8, 4) is 11.8 Å². The van der Waals surface area contributed by atoms with Crippen molar-refractivity contribution < 1.29 is 4.74 Å². The number of nitrogens with two attached hydrogens (primary N) is 1. The number of nitrogens with zero attached hydrogens (tertiary/aromatic N) is 3. The maximum atomic E-state index is 8.54. The Morgan fingerprint density at radius 2 is 2.06 bits per heavy atom. The Kier molecular flexibility index (Phi) is 3.52. The van der Waals surface area contributed by atoms with Crippen LogP contribution in [0.15, 0.2) is 24.3 Å². The molecule has 0 radical (unpaired) electrons. The second kappa shape index (κ2) is 5.27. The Labute approximate surface area is 102 Å². The van der Waals surface area contributed by atoms with E-state index in [1.807, 2.05) is 24.3 Å². The average Bonchev–Trinajstić information content (AvgIpc) is 2.75. The summed E-state index contributed by atoms with van der Waals surface area (Å²) >= 11 is 1.31. The third-order valence-electron chi connectivity index (χ3n) is 2.05. The Morgan fingerprint density at radius 3 is 2.65 bits per heavy atom. The molecule has 6 heteroatoms. The summed E-state index contributed by atoms with van der Waals surface area (Å²) in [5.74, 6) is 0.737. The van der Waals surface area contributed by atoms with Gasteiger partial charge in [0.25, 0.3) is 0 Å². The average molecular weight is 246 g/mol. The quantitative estimate of drug-likeness (QED) is 0.888. The minimum atomic E-state index is 0.354. The molecular formula is C11H10N4OS. The van der Waals surface area contributed by atoms with Crippen molar-refractivity contribution in [1.29, 1.82) is 5.26 Å². The molecule has 0 bridgehead atoms. The lowest BCUT2D eigenvalue weighted by Crippen LogP contribution is -1.95. The molecule has 2 N–H and O–H groups in total. The minimum Gasteiger partial charge on any atom is -0.486 e. The third kappa shape index (κ3) is 3.16. The van der Waals surface area contributed by atoms with E-state index >= 15 is 0 Å². The summed E-state index contributed by atoms with van der Waals surface area (Å²) in [4.78, 5) is 0. The van der Waals surface area contributed by atoms with Gasteiger partial charge in [-0.3, -0.25) is 0 Å². The van der Waals surface area contributed by atoms with E-state index < -0.39 is 0 Å². The van der Waals surface area contributed by atoms with E-state index in [-0.39, 0.29) is 0 Å². The van der Waals surface area contributed by atoms with E-state index in [4.69, 9.17) is 15.7 Å². The SMILES string of the molecule is N#CCc1ccc(OCc2nnc(N)s2)cc1. The van der Waals surface area contributed by atoms with E-state index in [9.17, 15) is 0 Å². The van der Waals surface area contributed by atoms with Crippen molar-refractivity contribution >= 4 is 16.5 Å². The van der Waals surface area contributed by atoms with Crippen LogP contribution in [-0.4, -0.2) is 10.2 Å². The number of hydrogen-bond donors (Lipinski definition) is 1. The number of benzene rings is 1. The van der Waals surface area contributed by atoms with Crippen LogP contribution in [0.3, 0.4) is 0 Å². The fourth-order valence-electron chi connectivity index (χ4n) is 1.26. The first-order valence-electron chi connectivity index (χ1n) is 4.94. The highest BCUT2D eigenvalue weighted by atomic mass is 32.1. The number of nitrogen functional groups attached to an aromatic ring is 1. The van der Waals surface area contributed by atoms with Crippen molar-refractivity contribution in [3.63, 3.8) is 0 Å². The zero-order valence-corrected chi connectivity index (χ0v) is 9.78. The first-order valence-corrected chi connectivity index (χ1v) is 5.76. The summed E-state index contributed by atoms with van der Waals surface area (Å²) in [6.45, 7) is 0.354. The molecule has 86 valence electrons. The first-order chi connectivity index (χ1) is 8.28. The molecule has 17 heavy (non-hydrogen) atoms. The van der Waals surface area contributed by atoms with Gasteiger partial charge in [0.2, 0.25) is 5.13 Å². The van der Waals surface area contributed by atoms with E-state index in [2.05, 4.69) is 16.3 Å². The number of hydrogen-bond acceptors (Lipinski definition) is 6. The molecule has 0 unspecified atom stereocenters. The summed E-state index contributed by atoms with van der Waals surface area (Å²) in [6, 6.07) is 9.49. The van der Waals surface area contributed by atoms with E-state index in [0.29, 0.717) is 18.2 Å². The lowest BCUT2D eigenvalue weighted by Gasteiger charge is -2.03. The standard InChI is InChI=1S/C11H10N4OS/c12-6-5-8-1-3-9(4-2-8)16-7-10-14-15-11(13)17-10/h1-4H,5,7H2,(H2,13,15). The Morgan fingerprint density at radius 1 is 1.29 bits per heavy atom. The zero-order chi connectivity index (χ0) is 12.1. The smallest absolute Gasteiger partial charge is 0.203 e. The summed E-state index contributed by atoms with van der Waals surface area (Å²) in [5, 5.41) is 17.3. The molecule has 0 atom stereocenters. The molecule has 0 aliphatic carbocycles. The number of anilines is 1. The maximum absolute atomic E-state index is 8.54. The van der Waals surface area contributed by atoms with Gasteiger partial charge in [0.05, 0.1) is 12.5 Å². The van der Waals surface area contributed by atoms with Crippen LogP contribution in [0.25, 0.3) is 0 Å². The summed E-state index contributed by atoms with van der Waals surface area (Å²) < 4.78 is 5.51. The molecule has 0 spiro atoms. The van der Waals surface area contributed by atoms with Crippen LogP contribution in [0.1, 0.15) is 10.6 Å². The van der Waals surface area contributed by atoms with Crippen molar-refractivity contribution in [2.24, 2.45) is 0 Å². The fourth-order valence-corrected chi connectivity index (χ4v) is 1.79. The van der Waals surface area contributed by atoms with E-state index in [1.54, 1.807) is 0 Å². The number of ether oxygens (including phenoxy) is 1. The van der Waals surface area contributed by atoms with Crippen LogP contribution >= 0.6 is 11.3 Å². The van der Waals surface area contributed by atoms with Gasteiger partial charge < -0.3 is 10.5 Å². The molecule has 1 aromatic heterocycles. The Hall–Kier alpha value is -2.13. The number of rotatable bonds is 4. The van der Waals surface area contributed by atoms with Gasteiger partial charge in [-0.1, -0.05) is 23.5 Å². The van der Waals surface area contributed by atoms with Gasteiger partial charge in [0.15, 0.2) is 5.01 Å². The molecular weight excluding hydrogens is 236 g/mol. The normalized spacial score (nSPS) is 9.82. The summed E-state index contributed by atoms with van der Waals surface area (Å²) in [5.41, 5.74) is 6.43. The molecule has 1 aromatic carbocycles. The van der Waals surface area contributed by atoms with Crippen LogP contribution in [-0.2, 0) is 13.0 Å². The van der Waals surface area contributed by atoms with Crippen LogP contribution < -0.4 is 10.5 Å². The van der Waals surface area contributed by atoms with Gasteiger partial charge in [-0.15, -0.1) is 10.2 Å². The van der Waals surface area contributed by atoms with E-state index in [0.717, 1.165) is 16.3 Å². The van der Waals surface area contributed by atoms with Gasteiger partial charge in [0.1, 0.15) is 12.4 Å². The van der Waals surface area contributed by atoms with Crippen LogP contribution in [0.5, 0.6) is 5.75 Å². The monoisotopic (exact) mass is 246 g/mol. The molecule has 0 aliphatic rings. The van der Waals surface area contributed by atoms with Gasteiger partial charge in [0, 0.05) is 0 Å².